The van der Waals surface area contributed by atoms with Gasteiger partial charge in [0.1, 0.15) is 0 Å². The predicted octanol–water partition coefficient (Wildman–Crippen LogP) is 2.47. The van der Waals surface area contributed by atoms with E-state index < -0.39 is 0 Å². The Morgan fingerprint density at radius 1 is 1.37 bits per heavy atom. The lowest BCUT2D eigenvalue weighted by Crippen LogP contribution is -2.44. The molecule has 4 heteroatoms. The van der Waals surface area contributed by atoms with E-state index in [1.165, 1.54) is 25.7 Å². The zero-order valence-corrected chi connectivity index (χ0v) is 11.7. The molecule has 0 radical (unpaired) electrons. The molecule has 3 N–H and O–H groups in total. The first-order chi connectivity index (χ1) is 9.09. The van der Waals surface area contributed by atoms with Crippen molar-refractivity contribution in [3.8, 4) is 0 Å². The van der Waals surface area contributed by atoms with E-state index in [9.17, 15) is 4.79 Å². The molecule has 1 saturated carbocycles. The minimum absolute atomic E-state index is 0.00676. The zero-order valence-electron chi connectivity index (χ0n) is 11.7. The van der Waals surface area contributed by atoms with E-state index in [2.05, 4.69) is 10.2 Å². The summed E-state index contributed by atoms with van der Waals surface area (Å²) in [5.41, 5.74) is 7.14. The van der Waals surface area contributed by atoms with E-state index in [1.54, 1.807) is 6.07 Å². The average molecular weight is 261 g/mol. The van der Waals surface area contributed by atoms with Gasteiger partial charge in [-0.05, 0) is 38.9 Å². The number of anilines is 2. The van der Waals surface area contributed by atoms with Gasteiger partial charge >= 0.3 is 0 Å². The van der Waals surface area contributed by atoms with Crippen molar-refractivity contribution in [3.05, 3.63) is 24.3 Å². The highest BCUT2D eigenvalue weighted by Gasteiger charge is 2.27. The molecule has 0 bridgehead atoms. The minimum atomic E-state index is -0.136. The van der Waals surface area contributed by atoms with Gasteiger partial charge in [-0.3, -0.25) is 9.69 Å². The summed E-state index contributed by atoms with van der Waals surface area (Å²) in [4.78, 5) is 14.4. The molecule has 0 saturated heterocycles. The number of benzene rings is 1. The first-order valence-electron chi connectivity index (χ1n) is 6.97. The van der Waals surface area contributed by atoms with Crippen LogP contribution in [0.5, 0.6) is 0 Å². The number of amides is 1. The zero-order chi connectivity index (χ0) is 13.8. The minimum Gasteiger partial charge on any atom is -0.397 e. The van der Waals surface area contributed by atoms with Crippen LogP contribution in [0.1, 0.15) is 32.6 Å². The lowest BCUT2D eigenvalue weighted by molar-refractivity contribution is -0.121. The molecule has 1 aliphatic rings. The maximum absolute atomic E-state index is 12.3. The molecular formula is C15H23N3O. The summed E-state index contributed by atoms with van der Waals surface area (Å²) in [6.07, 6.45) is 4.94. The summed E-state index contributed by atoms with van der Waals surface area (Å²) in [5, 5.41) is 2.91. The summed E-state index contributed by atoms with van der Waals surface area (Å²) in [6.45, 7) is 1.95. The largest absolute Gasteiger partial charge is 0.397 e. The molecule has 0 spiro atoms. The van der Waals surface area contributed by atoms with Crippen molar-refractivity contribution in [3.63, 3.8) is 0 Å². The Balaban J connectivity index is 1.97. The molecule has 0 heterocycles. The number of para-hydroxylation sites is 2. The van der Waals surface area contributed by atoms with Crippen molar-refractivity contribution < 1.29 is 4.79 Å². The number of rotatable bonds is 4. The molecule has 1 aromatic rings. The van der Waals surface area contributed by atoms with E-state index in [4.69, 9.17) is 5.73 Å². The summed E-state index contributed by atoms with van der Waals surface area (Å²) in [6, 6.07) is 7.75. The molecule has 0 aliphatic heterocycles. The molecule has 0 aromatic heterocycles. The van der Waals surface area contributed by atoms with Gasteiger partial charge in [0.2, 0.25) is 5.91 Å². The van der Waals surface area contributed by atoms with Crippen LogP contribution in [0.3, 0.4) is 0 Å². The Labute approximate surface area is 115 Å². The monoisotopic (exact) mass is 261 g/mol. The van der Waals surface area contributed by atoms with Crippen LogP contribution in [0.2, 0.25) is 0 Å². The molecule has 19 heavy (non-hydrogen) atoms. The van der Waals surface area contributed by atoms with Crippen molar-refractivity contribution >= 4 is 17.3 Å². The highest BCUT2D eigenvalue weighted by Crippen LogP contribution is 2.24. The van der Waals surface area contributed by atoms with Crippen LogP contribution >= 0.6 is 0 Å². The summed E-state index contributed by atoms with van der Waals surface area (Å²) < 4.78 is 0. The fourth-order valence-corrected chi connectivity index (χ4v) is 2.66. The van der Waals surface area contributed by atoms with Crippen molar-refractivity contribution in [2.45, 2.75) is 44.7 Å². The van der Waals surface area contributed by atoms with E-state index in [-0.39, 0.29) is 11.9 Å². The fraction of sp³-hybridized carbons (Fsp3) is 0.533. The molecule has 1 aliphatic carbocycles. The number of hydrogen-bond acceptors (Lipinski definition) is 3. The van der Waals surface area contributed by atoms with Crippen LogP contribution in [0.4, 0.5) is 11.4 Å². The molecule has 1 amide bonds. The van der Waals surface area contributed by atoms with Crippen LogP contribution < -0.4 is 11.1 Å². The second-order valence-corrected chi connectivity index (χ2v) is 5.36. The molecule has 104 valence electrons. The maximum atomic E-state index is 12.3. The quantitative estimate of drug-likeness (QED) is 0.819. The van der Waals surface area contributed by atoms with E-state index in [0.717, 1.165) is 0 Å². The van der Waals surface area contributed by atoms with Crippen molar-refractivity contribution in [1.82, 2.24) is 4.90 Å². The summed E-state index contributed by atoms with van der Waals surface area (Å²) >= 11 is 0. The van der Waals surface area contributed by atoms with Gasteiger partial charge in [0.25, 0.3) is 0 Å². The van der Waals surface area contributed by atoms with Gasteiger partial charge in [0.15, 0.2) is 0 Å². The standard InChI is InChI=1S/C15H23N3O/c1-11(18(2)12-7-3-4-8-12)15(19)17-14-10-6-5-9-13(14)16/h5-6,9-12H,3-4,7-8,16H2,1-2H3,(H,17,19). The number of carbonyl (C=O) groups is 1. The topological polar surface area (TPSA) is 58.4 Å². The normalized spacial score (nSPS) is 17.6. The predicted molar refractivity (Wildman–Crippen MR) is 79.0 cm³/mol. The van der Waals surface area contributed by atoms with Crippen molar-refractivity contribution in [1.29, 1.82) is 0 Å². The lowest BCUT2D eigenvalue weighted by Gasteiger charge is -2.29. The molecule has 2 rings (SSSR count). The second-order valence-electron chi connectivity index (χ2n) is 5.36. The van der Waals surface area contributed by atoms with Crippen molar-refractivity contribution in [2.24, 2.45) is 0 Å². The molecule has 4 nitrogen and oxygen atoms in total. The highest BCUT2D eigenvalue weighted by atomic mass is 16.2. The Morgan fingerprint density at radius 2 is 2.00 bits per heavy atom. The third-order valence-corrected chi connectivity index (χ3v) is 4.11. The third-order valence-electron chi connectivity index (χ3n) is 4.11. The van der Waals surface area contributed by atoms with Gasteiger partial charge in [0, 0.05) is 6.04 Å². The summed E-state index contributed by atoms with van der Waals surface area (Å²) in [7, 11) is 2.04. The Morgan fingerprint density at radius 3 is 2.63 bits per heavy atom. The van der Waals surface area contributed by atoms with E-state index in [0.29, 0.717) is 17.4 Å². The van der Waals surface area contributed by atoms with Gasteiger partial charge < -0.3 is 11.1 Å². The van der Waals surface area contributed by atoms with Crippen LogP contribution in [0, 0.1) is 0 Å². The number of nitrogens with one attached hydrogen (secondary N) is 1. The number of hydrogen-bond donors (Lipinski definition) is 2. The van der Waals surface area contributed by atoms with Crippen LogP contribution in [-0.2, 0) is 4.79 Å². The Kier molecular flexibility index (Phi) is 4.43. The number of likely N-dealkylation sites (N-methyl/N-ethyl adjacent to an activating group) is 1. The van der Waals surface area contributed by atoms with Gasteiger partial charge in [-0.15, -0.1) is 0 Å². The SMILES string of the molecule is CC(C(=O)Nc1ccccc1N)N(C)C1CCCC1. The molecule has 1 atom stereocenters. The number of carbonyl (C=O) groups excluding carboxylic acids is 1. The number of nitrogens with zero attached hydrogens (tertiary/aromatic N) is 1. The molecule has 1 unspecified atom stereocenters. The van der Waals surface area contributed by atoms with Gasteiger partial charge in [-0.2, -0.15) is 0 Å². The Bertz CT molecular complexity index is 441. The Hall–Kier alpha value is -1.55. The highest BCUT2D eigenvalue weighted by molar-refractivity contribution is 5.97. The van der Waals surface area contributed by atoms with Gasteiger partial charge in [0.05, 0.1) is 17.4 Å². The maximum Gasteiger partial charge on any atom is 0.241 e. The fourth-order valence-electron chi connectivity index (χ4n) is 2.66. The molecule has 1 aromatic carbocycles. The smallest absolute Gasteiger partial charge is 0.241 e. The third kappa shape index (κ3) is 3.26. The van der Waals surface area contributed by atoms with E-state index in [1.807, 2.05) is 32.2 Å². The van der Waals surface area contributed by atoms with Gasteiger partial charge in [-0.1, -0.05) is 25.0 Å². The number of nitrogens with two attached hydrogens (primary N) is 1. The van der Waals surface area contributed by atoms with Gasteiger partial charge in [-0.25, -0.2) is 0 Å². The average Bonchev–Trinajstić information content (AvgIpc) is 2.93. The lowest BCUT2D eigenvalue weighted by atomic mass is 10.1. The second kappa shape index (κ2) is 6.06. The molecular weight excluding hydrogens is 238 g/mol. The number of nitrogen functional groups attached to an aromatic ring is 1. The van der Waals surface area contributed by atoms with E-state index >= 15 is 0 Å². The molecule has 1 fully saturated rings. The van der Waals surface area contributed by atoms with Crippen LogP contribution in [-0.4, -0.2) is 29.9 Å². The van der Waals surface area contributed by atoms with Crippen LogP contribution in [0.15, 0.2) is 24.3 Å². The van der Waals surface area contributed by atoms with Crippen LogP contribution in [0.25, 0.3) is 0 Å². The first-order valence-corrected chi connectivity index (χ1v) is 6.97. The summed E-state index contributed by atoms with van der Waals surface area (Å²) in [5.74, 6) is 0.00676. The first kappa shape index (κ1) is 13.9. The van der Waals surface area contributed by atoms with Crippen molar-refractivity contribution in [2.75, 3.05) is 18.1 Å².